The van der Waals surface area contributed by atoms with Crippen molar-refractivity contribution < 1.29 is 4.74 Å². The van der Waals surface area contributed by atoms with Gasteiger partial charge in [0.15, 0.2) is 0 Å². The Balaban J connectivity index is 1.51. The summed E-state index contributed by atoms with van der Waals surface area (Å²) in [7, 11) is 0. The molecule has 3 aromatic carbocycles. The lowest BCUT2D eigenvalue weighted by Gasteiger charge is -2.12. The lowest BCUT2D eigenvalue weighted by Crippen LogP contribution is -2.17. The van der Waals surface area contributed by atoms with E-state index in [-0.39, 0.29) is 0 Å². The Labute approximate surface area is 150 Å². The van der Waals surface area contributed by atoms with E-state index in [1.807, 2.05) is 12.1 Å². The summed E-state index contributed by atoms with van der Waals surface area (Å²) in [6.45, 7) is 4.47. The molecule has 0 atom stereocenters. The molecule has 0 amide bonds. The number of hydrogen-bond acceptors (Lipinski definition) is 2. The number of para-hydroxylation sites is 1. The quantitative estimate of drug-likeness (QED) is 0.592. The third-order valence-electron chi connectivity index (χ3n) is 4.24. The molecule has 0 unspecified atom stereocenters. The molecule has 128 valence electrons. The van der Waals surface area contributed by atoms with Gasteiger partial charge in [-0.2, -0.15) is 0 Å². The van der Waals surface area contributed by atoms with Crippen LogP contribution in [0.3, 0.4) is 0 Å². The van der Waals surface area contributed by atoms with Crippen molar-refractivity contribution in [3.63, 3.8) is 0 Å². The van der Waals surface area contributed by atoms with Gasteiger partial charge in [0.25, 0.3) is 0 Å². The molecule has 0 bridgehead atoms. The molecular weight excluding hydrogens is 306 g/mol. The number of ether oxygens (including phenoxy) is 1. The van der Waals surface area contributed by atoms with Gasteiger partial charge in [-0.05, 0) is 37.1 Å². The number of nitrogens with one attached hydrogen (secondary N) is 1. The Hall–Kier alpha value is -2.58. The van der Waals surface area contributed by atoms with Gasteiger partial charge >= 0.3 is 0 Å². The highest BCUT2D eigenvalue weighted by atomic mass is 16.5. The minimum atomic E-state index is 0.599. The molecule has 0 aliphatic rings. The van der Waals surface area contributed by atoms with Gasteiger partial charge in [0.1, 0.15) is 12.4 Å². The van der Waals surface area contributed by atoms with Gasteiger partial charge in [0.2, 0.25) is 0 Å². The Bertz CT molecular complexity index is 766. The van der Waals surface area contributed by atoms with E-state index in [0.29, 0.717) is 6.61 Å². The number of rotatable bonds is 8. The Kier molecular flexibility index (Phi) is 6.24. The lowest BCUT2D eigenvalue weighted by atomic mass is 10.1. The predicted octanol–water partition coefficient (Wildman–Crippen LogP) is 4.91. The summed E-state index contributed by atoms with van der Waals surface area (Å²) >= 11 is 0. The zero-order valence-electron chi connectivity index (χ0n) is 14.7. The normalized spacial score (nSPS) is 10.6. The molecular formula is C23H25NO. The molecule has 1 N–H and O–H groups in total. The maximum atomic E-state index is 6.04. The number of aryl methyl sites for hydroxylation is 1. The SMILES string of the molecule is Cc1ccc(COc2ccccc2CNCCc2ccccc2)cc1. The van der Waals surface area contributed by atoms with Crippen molar-refractivity contribution >= 4 is 0 Å². The summed E-state index contributed by atoms with van der Waals surface area (Å²) in [6.07, 6.45) is 1.03. The standard InChI is InChI=1S/C23H25NO/c1-19-11-13-21(14-12-19)18-25-23-10-6-5-9-22(23)17-24-16-15-20-7-3-2-4-8-20/h2-14,24H,15-18H2,1H3. The second-order valence-electron chi connectivity index (χ2n) is 6.29. The molecule has 0 spiro atoms. The second-order valence-corrected chi connectivity index (χ2v) is 6.29. The fourth-order valence-corrected chi connectivity index (χ4v) is 2.74. The van der Waals surface area contributed by atoms with Crippen LogP contribution in [0.2, 0.25) is 0 Å². The van der Waals surface area contributed by atoms with E-state index in [0.717, 1.165) is 25.3 Å². The van der Waals surface area contributed by atoms with Gasteiger partial charge < -0.3 is 10.1 Å². The highest BCUT2D eigenvalue weighted by Gasteiger charge is 2.03. The molecule has 25 heavy (non-hydrogen) atoms. The van der Waals surface area contributed by atoms with E-state index in [2.05, 4.69) is 79.0 Å². The molecule has 2 heteroatoms. The van der Waals surface area contributed by atoms with Crippen LogP contribution in [0.5, 0.6) is 5.75 Å². The van der Waals surface area contributed by atoms with Gasteiger partial charge in [0, 0.05) is 12.1 Å². The maximum absolute atomic E-state index is 6.04. The highest BCUT2D eigenvalue weighted by Crippen LogP contribution is 2.19. The van der Waals surface area contributed by atoms with E-state index in [1.165, 1.54) is 22.3 Å². The fraction of sp³-hybridized carbons (Fsp3) is 0.217. The van der Waals surface area contributed by atoms with E-state index in [9.17, 15) is 0 Å². The summed E-state index contributed by atoms with van der Waals surface area (Å²) in [6, 6.07) is 27.3. The lowest BCUT2D eigenvalue weighted by molar-refractivity contribution is 0.302. The van der Waals surface area contributed by atoms with Crippen molar-refractivity contribution in [2.45, 2.75) is 26.5 Å². The molecule has 0 radical (unpaired) electrons. The predicted molar refractivity (Wildman–Crippen MR) is 104 cm³/mol. The van der Waals surface area contributed by atoms with Crippen LogP contribution in [-0.2, 0) is 19.6 Å². The minimum absolute atomic E-state index is 0.599. The molecule has 0 fully saturated rings. The second kappa shape index (κ2) is 9.05. The Morgan fingerprint density at radius 2 is 1.48 bits per heavy atom. The molecule has 0 saturated heterocycles. The van der Waals surface area contributed by atoms with Gasteiger partial charge in [-0.25, -0.2) is 0 Å². The molecule has 0 aliphatic heterocycles. The van der Waals surface area contributed by atoms with Crippen LogP contribution in [-0.4, -0.2) is 6.54 Å². The van der Waals surface area contributed by atoms with Crippen LogP contribution < -0.4 is 10.1 Å². The van der Waals surface area contributed by atoms with Crippen molar-refractivity contribution in [2.75, 3.05) is 6.54 Å². The molecule has 0 saturated carbocycles. The largest absolute Gasteiger partial charge is 0.489 e. The van der Waals surface area contributed by atoms with Gasteiger partial charge in [-0.1, -0.05) is 78.4 Å². The average molecular weight is 331 g/mol. The molecule has 0 aliphatic carbocycles. The summed E-state index contributed by atoms with van der Waals surface area (Å²) in [5.74, 6) is 0.954. The first kappa shape index (κ1) is 17.2. The molecule has 3 rings (SSSR count). The van der Waals surface area contributed by atoms with E-state index < -0.39 is 0 Å². The van der Waals surface area contributed by atoms with Crippen molar-refractivity contribution in [1.29, 1.82) is 0 Å². The van der Waals surface area contributed by atoms with E-state index >= 15 is 0 Å². The smallest absolute Gasteiger partial charge is 0.124 e. The van der Waals surface area contributed by atoms with Crippen molar-refractivity contribution in [3.05, 3.63) is 101 Å². The monoisotopic (exact) mass is 331 g/mol. The Morgan fingerprint density at radius 3 is 2.28 bits per heavy atom. The molecule has 0 aromatic heterocycles. The first-order chi connectivity index (χ1) is 12.3. The summed E-state index contributed by atoms with van der Waals surface area (Å²) in [5.41, 5.74) is 5.02. The van der Waals surface area contributed by atoms with E-state index in [1.54, 1.807) is 0 Å². The highest BCUT2D eigenvalue weighted by molar-refractivity contribution is 5.33. The summed E-state index contributed by atoms with van der Waals surface area (Å²) < 4.78 is 6.04. The van der Waals surface area contributed by atoms with Crippen LogP contribution in [0.25, 0.3) is 0 Å². The Morgan fingerprint density at radius 1 is 0.760 bits per heavy atom. The minimum Gasteiger partial charge on any atom is -0.489 e. The molecule has 0 heterocycles. The molecule has 3 aromatic rings. The summed E-state index contributed by atoms with van der Waals surface area (Å²) in [5, 5.41) is 3.52. The fourth-order valence-electron chi connectivity index (χ4n) is 2.74. The van der Waals surface area contributed by atoms with Crippen LogP contribution in [0.15, 0.2) is 78.9 Å². The van der Waals surface area contributed by atoms with Crippen molar-refractivity contribution in [3.8, 4) is 5.75 Å². The van der Waals surface area contributed by atoms with Crippen molar-refractivity contribution in [2.24, 2.45) is 0 Å². The van der Waals surface area contributed by atoms with Gasteiger partial charge in [-0.15, -0.1) is 0 Å². The van der Waals surface area contributed by atoms with Gasteiger partial charge in [0.05, 0.1) is 0 Å². The summed E-state index contributed by atoms with van der Waals surface area (Å²) in [4.78, 5) is 0. The van der Waals surface area contributed by atoms with Crippen LogP contribution >= 0.6 is 0 Å². The third-order valence-corrected chi connectivity index (χ3v) is 4.24. The first-order valence-corrected chi connectivity index (χ1v) is 8.82. The van der Waals surface area contributed by atoms with Crippen LogP contribution in [0.4, 0.5) is 0 Å². The van der Waals surface area contributed by atoms with Crippen LogP contribution in [0.1, 0.15) is 22.3 Å². The number of benzene rings is 3. The number of hydrogen-bond donors (Lipinski definition) is 1. The first-order valence-electron chi connectivity index (χ1n) is 8.82. The van der Waals surface area contributed by atoms with Crippen LogP contribution in [0, 0.1) is 6.92 Å². The maximum Gasteiger partial charge on any atom is 0.124 e. The zero-order chi connectivity index (χ0) is 17.3. The topological polar surface area (TPSA) is 21.3 Å². The zero-order valence-corrected chi connectivity index (χ0v) is 14.7. The average Bonchev–Trinajstić information content (AvgIpc) is 2.66. The third kappa shape index (κ3) is 5.47. The van der Waals surface area contributed by atoms with E-state index in [4.69, 9.17) is 4.74 Å². The molecule has 2 nitrogen and oxygen atoms in total. The van der Waals surface area contributed by atoms with Crippen molar-refractivity contribution in [1.82, 2.24) is 5.32 Å². The van der Waals surface area contributed by atoms with Gasteiger partial charge in [-0.3, -0.25) is 0 Å².